The number of piperazine rings is 1. The van der Waals surface area contributed by atoms with E-state index >= 15 is 0 Å². The van der Waals surface area contributed by atoms with Gasteiger partial charge in [0.25, 0.3) is 0 Å². The first-order valence-electron chi connectivity index (χ1n) is 12.3. The summed E-state index contributed by atoms with van der Waals surface area (Å²) in [6.07, 6.45) is 2.18. The summed E-state index contributed by atoms with van der Waals surface area (Å²) in [7, 11) is 1.73. The molecule has 4 heterocycles. The predicted molar refractivity (Wildman–Crippen MR) is 131 cm³/mol. The molecule has 2 atom stereocenters. The van der Waals surface area contributed by atoms with Crippen LogP contribution in [-0.2, 0) is 16.1 Å². The minimum atomic E-state index is 0.138. The van der Waals surface area contributed by atoms with Crippen LogP contribution in [0.3, 0.4) is 0 Å². The fourth-order valence-corrected chi connectivity index (χ4v) is 5.24. The third-order valence-corrected chi connectivity index (χ3v) is 6.85. The molecule has 2 aromatic rings. The first-order chi connectivity index (χ1) is 16.7. The molecule has 184 valence electrons. The number of anilines is 1. The van der Waals surface area contributed by atoms with Gasteiger partial charge in [-0.15, -0.1) is 0 Å². The molecule has 8 heteroatoms. The van der Waals surface area contributed by atoms with Crippen molar-refractivity contribution in [3.8, 4) is 11.5 Å². The van der Waals surface area contributed by atoms with Crippen LogP contribution < -0.4 is 19.7 Å². The van der Waals surface area contributed by atoms with E-state index in [-0.39, 0.29) is 18.2 Å². The lowest BCUT2D eigenvalue weighted by molar-refractivity contribution is 0.0191. The largest absolute Gasteiger partial charge is 0.492 e. The number of para-hydroxylation sites is 1. The summed E-state index contributed by atoms with van der Waals surface area (Å²) in [5.41, 5.74) is 3.54. The summed E-state index contributed by atoms with van der Waals surface area (Å²) < 4.78 is 23.7. The molecule has 0 spiro atoms. The van der Waals surface area contributed by atoms with Crippen molar-refractivity contribution < 1.29 is 18.9 Å². The smallest absolute Gasteiger partial charge is 0.171 e. The zero-order valence-corrected chi connectivity index (χ0v) is 20.5. The quantitative estimate of drug-likeness (QED) is 0.694. The number of rotatable bonds is 6. The van der Waals surface area contributed by atoms with Gasteiger partial charge in [-0.25, -0.2) is 4.98 Å². The van der Waals surface area contributed by atoms with Crippen molar-refractivity contribution >= 4 is 5.82 Å². The predicted octanol–water partition coefficient (Wildman–Crippen LogP) is 2.93. The molecule has 1 N–H and O–H groups in total. The summed E-state index contributed by atoms with van der Waals surface area (Å²) in [5.74, 6) is 2.69. The lowest BCUT2D eigenvalue weighted by atomic mass is 9.96. The maximum absolute atomic E-state index is 6.13. The number of pyridine rings is 1. The van der Waals surface area contributed by atoms with Crippen LogP contribution in [0.4, 0.5) is 5.82 Å². The molecule has 8 nitrogen and oxygen atoms in total. The molecule has 5 rings (SSSR count). The monoisotopic (exact) mass is 468 g/mol. The maximum atomic E-state index is 6.13. The molecule has 2 fully saturated rings. The van der Waals surface area contributed by atoms with Gasteiger partial charge in [0.05, 0.1) is 45.7 Å². The Bertz CT molecular complexity index is 979. The zero-order valence-electron chi connectivity index (χ0n) is 20.5. The van der Waals surface area contributed by atoms with Gasteiger partial charge in [0.1, 0.15) is 5.75 Å². The zero-order chi connectivity index (χ0) is 23.5. The number of benzene rings is 1. The molecule has 0 saturated carbocycles. The highest BCUT2D eigenvalue weighted by Gasteiger charge is 2.34. The number of nitrogens with one attached hydrogen (secondary N) is 1. The molecule has 1 aromatic heterocycles. The maximum Gasteiger partial charge on any atom is 0.171 e. The Labute approximate surface area is 202 Å². The second-order valence-corrected chi connectivity index (χ2v) is 9.39. The van der Waals surface area contributed by atoms with Crippen molar-refractivity contribution in [2.75, 3.05) is 64.6 Å². The summed E-state index contributed by atoms with van der Waals surface area (Å²) in [6.45, 7) is 11.1. The van der Waals surface area contributed by atoms with Crippen LogP contribution in [0.15, 0.2) is 30.5 Å². The molecular formula is C26H36N4O4. The Balaban J connectivity index is 1.40. The van der Waals surface area contributed by atoms with Gasteiger partial charge in [0.15, 0.2) is 11.6 Å². The van der Waals surface area contributed by atoms with Crippen LogP contribution in [0.5, 0.6) is 11.5 Å². The topological polar surface area (TPSA) is 68.3 Å². The molecule has 0 bridgehead atoms. The summed E-state index contributed by atoms with van der Waals surface area (Å²) in [4.78, 5) is 9.65. The van der Waals surface area contributed by atoms with Crippen molar-refractivity contribution in [3.05, 3.63) is 47.2 Å². The van der Waals surface area contributed by atoms with Crippen LogP contribution in [0.1, 0.15) is 42.6 Å². The molecule has 1 aromatic carbocycles. The first kappa shape index (κ1) is 23.4. The normalized spacial score (nSPS) is 23.6. The van der Waals surface area contributed by atoms with E-state index in [0.717, 1.165) is 55.6 Å². The minimum Gasteiger partial charge on any atom is -0.492 e. The van der Waals surface area contributed by atoms with Gasteiger partial charge in [0.2, 0.25) is 0 Å². The van der Waals surface area contributed by atoms with E-state index in [1.54, 1.807) is 7.11 Å². The SMILES string of the molecule is COc1c(N2CCOCC2)ncc2c1COC[C@@H]2N1CCN[C@H](c2ccccc2OC(C)C)C1. The average molecular weight is 469 g/mol. The fourth-order valence-electron chi connectivity index (χ4n) is 5.24. The van der Waals surface area contributed by atoms with E-state index in [0.29, 0.717) is 26.4 Å². The molecule has 0 radical (unpaired) electrons. The third-order valence-electron chi connectivity index (χ3n) is 6.85. The van der Waals surface area contributed by atoms with E-state index in [1.807, 2.05) is 12.3 Å². The van der Waals surface area contributed by atoms with E-state index in [4.69, 9.17) is 23.9 Å². The van der Waals surface area contributed by atoms with Crippen LogP contribution >= 0.6 is 0 Å². The van der Waals surface area contributed by atoms with Gasteiger partial charge in [-0.2, -0.15) is 0 Å². The molecule has 3 aliphatic heterocycles. The lowest BCUT2D eigenvalue weighted by Crippen LogP contribution is -2.49. The Morgan fingerprint density at radius 3 is 2.71 bits per heavy atom. The Kier molecular flexibility index (Phi) is 7.20. The third kappa shape index (κ3) is 4.73. The molecule has 3 aliphatic rings. The summed E-state index contributed by atoms with van der Waals surface area (Å²) in [6, 6.07) is 8.70. The highest BCUT2D eigenvalue weighted by atomic mass is 16.5. The van der Waals surface area contributed by atoms with Crippen LogP contribution in [0.2, 0.25) is 0 Å². The number of nitrogens with zero attached hydrogens (tertiary/aromatic N) is 3. The van der Waals surface area contributed by atoms with Crippen LogP contribution in [0.25, 0.3) is 0 Å². The van der Waals surface area contributed by atoms with Crippen molar-refractivity contribution in [2.24, 2.45) is 0 Å². The van der Waals surface area contributed by atoms with Gasteiger partial charge in [-0.3, -0.25) is 4.90 Å². The Morgan fingerprint density at radius 1 is 1.09 bits per heavy atom. The van der Waals surface area contributed by atoms with Crippen LogP contribution in [-0.4, -0.2) is 75.6 Å². The number of hydrogen-bond donors (Lipinski definition) is 1. The molecule has 34 heavy (non-hydrogen) atoms. The second kappa shape index (κ2) is 10.5. The molecule has 0 aliphatic carbocycles. The molecule has 0 amide bonds. The number of hydrogen-bond acceptors (Lipinski definition) is 8. The first-order valence-corrected chi connectivity index (χ1v) is 12.3. The van der Waals surface area contributed by atoms with Crippen molar-refractivity contribution in [1.82, 2.24) is 15.2 Å². The van der Waals surface area contributed by atoms with Gasteiger partial charge < -0.3 is 29.2 Å². The number of morpholine rings is 1. The standard InChI is InChI=1S/C26H36N4O4/c1-18(2)34-24-7-5-4-6-19(24)22-15-30(9-8-27-22)23-17-33-16-21-20(23)14-28-26(25(21)31-3)29-10-12-32-13-11-29/h4-7,14,18,22-23,27H,8-13,15-17H2,1-3H3/t22-,23-/m0/s1. The van der Waals surface area contributed by atoms with E-state index < -0.39 is 0 Å². The van der Waals surface area contributed by atoms with Crippen LogP contribution in [0, 0.1) is 0 Å². The molecule has 2 saturated heterocycles. The van der Waals surface area contributed by atoms with Gasteiger partial charge in [0, 0.05) is 56.1 Å². The van der Waals surface area contributed by atoms with E-state index in [1.165, 1.54) is 11.1 Å². The Morgan fingerprint density at radius 2 is 1.91 bits per heavy atom. The second-order valence-electron chi connectivity index (χ2n) is 9.39. The number of methoxy groups -OCH3 is 1. The highest BCUT2D eigenvalue weighted by Crippen LogP contribution is 2.40. The lowest BCUT2D eigenvalue weighted by Gasteiger charge is -2.42. The molecule has 0 unspecified atom stereocenters. The number of aromatic nitrogens is 1. The number of ether oxygens (including phenoxy) is 4. The summed E-state index contributed by atoms with van der Waals surface area (Å²) in [5, 5.41) is 3.70. The number of fused-ring (bicyclic) bond motifs is 1. The van der Waals surface area contributed by atoms with Gasteiger partial charge in [-0.1, -0.05) is 18.2 Å². The van der Waals surface area contributed by atoms with Crippen molar-refractivity contribution in [3.63, 3.8) is 0 Å². The Hall–Kier alpha value is -2.39. The van der Waals surface area contributed by atoms with Gasteiger partial charge in [-0.05, 0) is 25.5 Å². The van der Waals surface area contributed by atoms with E-state index in [9.17, 15) is 0 Å². The van der Waals surface area contributed by atoms with Crippen molar-refractivity contribution in [1.29, 1.82) is 0 Å². The van der Waals surface area contributed by atoms with Gasteiger partial charge >= 0.3 is 0 Å². The molecular weight excluding hydrogens is 432 g/mol. The highest BCUT2D eigenvalue weighted by molar-refractivity contribution is 5.59. The summed E-state index contributed by atoms with van der Waals surface area (Å²) >= 11 is 0. The average Bonchev–Trinajstić information content (AvgIpc) is 2.88. The minimum absolute atomic E-state index is 0.138. The fraction of sp³-hybridized carbons (Fsp3) is 0.577. The van der Waals surface area contributed by atoms with Crippen molar-refractivity contribution in [2.45, 2.75) is 38.6 Å². The van der Waals surface area contributed by atoms with E-state index in [2.05, 4.69) is 47.2 Å².